The molecule has 0 aromatic carbocycles. The highest BCUT2D eigenvalue weighted by molar-refractivity contribution is 5.81. The lowest BCUT2D eigenvalue weighted by Gasteiger charge is -2.13. The molecule has 90 valence electrons. The second-order valence-electron chi connectivity index (χ2n) is 3.31. The molecule has 0 N–H and O–H groups in total. The van der Waals surface area contributed by atoms with E-state index >= 15 is 0 Å². The fraction of sp³-hybridized carbons (Fsp3) is 0.545. The summed E-state index contributed by atoms with van der Waals surface area (Å²) >= 11 is 0. The summed E-state index contributed by atoms with van der Waals surface area (Å²) in [4.78, 5) is 12.7. The van der Waals surface area contributed by atoms with E-state index in [4.69, 9.17) is 14.2 Å². The van der Waals surface area contributed by atoms with Crippen LogP contribution in [-0.2, 0) is 19.0 Å². The Kier molecular flexibility index (Phi) is 5.42. The quantitative estimate of drug-likeness (QED) is 0.367. The molecule has 0 fully saturated rings. The number of rotatable bonds is 7. The summed E-state index contributed by atoms with van der Waals surface area (Å²) in [7, 11) is 0. The van der Waals surface area contributed by atoms with E-state index in [2.05, 4.69) is 6.58 Å². The standard InChI is InChI=1S/C11H17NO4/c1-3-11(13)15-7-6-14-5-4-12-8-10(2)16-9-12/h3,8H,1,4-7,9H2,2H3. The molecule has 1 heterocycles. The zero-order chi connectivity index (χ0) is 11.8. The van der Waals surface area contributed by atoms with Gasteiger partial charge in [0.1, 0.15) is 12.4 Å². The van der Waals surface area contributed by atoms with E-state index in [-0.39, 0.29) is 6.61 Å². The van der Waals surface area contributed by atoms with Crippen LogP contribution < -0.4 is 0 Å². The van der Waals surface area contributed by atoms with Gasteiger partial charge in [-0.05, 0) is 6.92 Å². The minimum absolute atomic E-state index is 0.260. The SMILES string of the molecule is C=CC(=O)OCCOCCN1C=C(C)OC1. The van der Waals surface area contributed by atoms with Crippen molar-refractivity contribution in [1.29, 1.82) is 0 Å². The van der Waals surface area contributed by atoms with Crippen molar-refractivity contribution in [3.63, 3.8) is 0 Å². The van der Waals surface area contributed by atoms with E-state index in [0.29, 0.717) is 19.9 Å². The fourth-order valence-corrected chi connectivity index (χ4v) is 1.19. The van der Waals surface area contributed by atoms with E-state index in [1.54, 1.807) is 0 Å². The van der Waals surface area contributed by atoms with Gasteiger partial charge < -0.3 is 19.1 Å². The maximum absolute atomic E-state index is 10.7. The molecule has 1 aliphatic heterocycles. The van der Waals surface area contributed by atoms with Gasteiger partial charge in [-0.25, -0.2) is 4.79 Å². The second kappa shape index (κ2) is 6.90. The Labute approximate surface area is 95.3 Å². The Morgan fingerprint density at radius 3 is 3.06 bits per heavy atom. The van der Waals surface area contributed by atoms with Crippen molar-refractivity contribution in [2.24, 2.45) is 0 Å². The van der Waals surface area contributed by atoms with Gasteiger partial charge in [0.05, 0.1) is 13.2 Å². The van der Waals surface area contributed by atoms with Gasteiger partial charge in [0.25, 0.3) is 0 Å². The summed E-state index contributed by atoms with van der Waals surface area (Å²) in [6.07, 6.45) is 3.08. The van der Waals surface area contributed by atoms with Crippen LogP contribution in [0.5, 0.6) is 0 Å². The molecule has 16 heavy (non-hydrogen) atoms. The lowest BCUT2D eigenvalue weighted by molar-refractivity contribution is -0.139. The molecular formula is C11H17NO4. The van der Waals surface area contributed by atoms with Crippen LogP contribution in [-0.4, -0.2) is 44.0 Å². The molecule has 1 rings (SSSR count). The Morgan fingerprint density at radius 1 is 1.62 bits per heavy atom. The first-order valence-electron chi connectivity index (χ1n) is 5.14. The molecule has 0 saturated heterocycles. The van der Waals surface area contributed by atoms with Crippen molar-refractivity contribution in [3.05, 3.63) is 24.6 Å². The van der Waals surface area contributed by atoms with Crippen molar-refractivity contribution in [2.75, 3.05) is 33.1 Å². The van der Waals surface area contributed by atoms with Gasteiger partial charge in [0.2, 0.25) is 0 Å². The summed E-state index contributed by atoms with van der Waals surface area (Å²) in [5.74, 6) is 0.495. The Bertz CT molecular complexity index is 275. The maximum atomic E-state index is 10.7. The average molecular weight is 227 g/mol. The van der Waals surface area contributed by atoms with Crippen LogP contribution >= 0.6 is 0 Å². The van der Waals surface area contributed by atoms with E-state index < -0.39 is 5.97 Å². The molecule has 0 radical (unpaired) electrons. The molecule has 5 nitrogen and oxygen atoms in total. The normalized spacial score (nSPS) is 14.3. The molecule has 0 aliphatic carbocycles. The third-order valence-electron chi connectivity index (χ3n) is 1.98. The van der Waals surface area contributed by atoms with Gasteiger partial charge in [0, 0.05) is 18.8 Å². The molecule has 0 aromatic heterocycles. The highest BCUT2D eigenvalue weighted by Crippen LogP contribution is 2.08. The van der Waals surface area contributed by atoms with Crippen molar-refractivity contribution < 1.29 is 19.0 Å². The van der Waals surface area contributed by atoms with Gasteiger partial charge in [-0.3, -0.25) is 0 Å². The molecule has 0 spiro atoms. The summed E-state index contributed by atoms with van der Waals surface area (Å²) in [6, 6.07) is 0. The summed E-state index contributed by atoms with van der Waals surface area (Å²) in [6.45, 7) is 7.80. The van der Waals surface area contributed by atoms with E-state index in [9.17, 15) is 4.79 Å². The van der Waals surface area contributed by atoms with Crippen LogP contribution in [0.2, 0.25) is 0 Å². The lowest BCUT2D eigenvalue weighted by Crippen LogP contribution is -2.21. The molecular weight excluding hydrogens is 210 g/mol. The Morgan fingerprint density at radius 2 is 2.44 bits per heavy atom. The Hall–Kier alpha value is -1.49. The van der Waals surface area contributed by atoms with Crippen LogP contribution in [0.4, 0.5) is 0 Å². The van der Waals surface area contributed by atoms with Crippen molar-refractivity contribution in [3.8, 4) is 0 Å². The molecule has 0 unspecified atom stereocenters. The molecule has 0 saturated carbocycles. The van der Waals surface area contributed by atoms with E-state index in [1.807, 2.05) is 18.0 Å². The largest absolute Gasteiger partial charge is 0.476 e. The lowest BCUT2D eigenvalue weighted by atomic mass is 10.5. The minimum Gasteiger partial charge on any atom is -0.476 e. The fourth-order valence-electron chi connectivity index (χ4n) is 1.19. The van der Waals surface area contributed by atoms with Crippen molar-refractivity contribution >= 4 is 5.97 Å². The minimum atomic E-state index is -0.421. The second-order valence-corrected chi connectivity index (χ2v) is 3.31. The third-order valence-corrected chi connectivity index (χ3v) is 1.98. The number of hydrogen-bond donors (Lipinski definition) is 0. The number of carbonyl (C=O) groups excluding carboxylic acids is 1. The summed E-state index contributed by atoms with van der Waals surface area (Å²) < 4.78 is 15.3. The number of esters is 1. The van der Waals surface area contributed by atoms with Crippen LogP contribution in [0.1, 0.15) is 6.92 Å². The van der Waals surface area contributed by atoms with Crippen LogP contribution in [0, 0.1) is 0 Å². The maximum Gasteiger partial charge on any atom is 0.330 e. The number of ether oxygens (including phenoxy) is 3. The first-order valence-corrected chi connectivity index (χ1v) is 5.14. The molecule has 0 amide bonds. The number of carbonyl (C=O) groups is 1. The molecule has 0 atom stereocenters. The van der Waals surface area contributed by atoms with Gasteiger partial charge in [-0.1, -0.05) is 6.58 Å². The van der Waals surface area contributed by atoms with Gasteiger partial charge in [0.15, 0.2) is 6.73 Å². The monoisotopic (exact) mass is 227 g/mol. The third kappa shape index (κ3) is 4.84. The first kappa shape index (κ1) is 12.6. The zero-order valence-corrected chi connectivity index (χ0v) is 9.48. The Balaban J connectivity index is 1.92. The highest BCUT2D eigenvalue weighted by Gasteiger charge is 2.08. The molecule has 5 heteroatoms. The number of allylic oxidation sites excluding steroid dienone is 1. The van der Waals surface area contributed by atoms with Crippen LogP contribution in [0.25, 0.3) is 0 Å². The van der Waals surface area contributed by atoms with Crippen molar-refractivity contribution in [2.45, 2.75) is 6.92 Å². The average Bonchev–Trinajstić information content (AvgIpc) is 2.69. The van der Waals surface area contributed by atoms with Gasteiger partial charge in [-0.15, -0.1) is 0 Å². The van der Waals surface area contributed by atoms with Gasteiger partial charge >= 0.3 is 5.97 Å². The zero-order valence-electron chi connectivity index (χ0n) is 9.48. The van der Waals surface area contributed by atoms with E-state index in [0.717, 1.165) is 18.4 Å². The smallest absolute Gasteiger partial charge is 0.330 e. The van der Waals surface area contributed by atoms with Gasteiger partial charge in [-0.2, -0.15) is 0 Å². The summed E-state index contributed by atoms with van der Waals surface area (Å²) in [5, 5.41) is 0. The molecule has 0 aromatic rings. The number of nitrogens with zero attached hydrogens (tertiary/aromatic N) is 1. The summed E-state index contributed by atoms with van der Waals surface area (Å²) in [5.41, 5.74) is 0. The van der Waals surface area contributed by atoms with Crippen LogP contribution in [0.15, 0.2) is 24.6 Å². The molecule has 0 bridgehead atoms. The molecule has 1 aliphatic rings. The predicted octanol–water partition coefficient (Wildman–Crippen LogP) is 0.883. The number of hydrogen-bond acceptors (Lipinski definition) is 5. The van der Waals surface area contributed by atoms with Crippen LogP contribution in [0.3, 0.4) is 0 Å². The highest BCUT2D eigenvalue weighted by atomic mass is 16.6. The van der Waals surface area contributed by atoms with E-state index in [1.165, 1.54) is 0 Å². The topological polar surface area (TPSA) is 48.0 Å². The van der Waals surface area contributed by atoms with Crippen molar-refractivity contribution in [1.82, 2.24) is 4.90 Å². The predicted molar refractivity (Wildman–Crippen MR) is 58.4 cm³/mol. The first-order chi connectivity index (χ1) is 7.72.